The number of carbonyl (C=O) groups excluding carboxylic acids is 4. The molecule has 146 valence electrons. The number of ether oxygens (including phenoxy) is 2. The summed E-state index contributed by atoms with van der Waals surface area (Å²) in [5.74, 6) is 3.40. The predicted molar refractivity (Wildman–Crippen MR) is 91.0 cm³/mol. The molecule has 4 amide bonds. The van der Waals surface area contributed by atoms with Crippen molar-refractivity contribution in [3.8, 4) is 11.8 Å². The van der Waals surface area contributed by atoms with Gasteiger partial charge in [0.25, 0.3) is 0 Å². The van der Waals surface area contributed by atoms with E-state index in [0.717, 1.165) is 25.7 Å². The van der Waals surface area contributed by atoms with Crippen LogP contribution in [0.1, 0.15) is 25.7 Å². The van der Waals surface area contributed by atoms with Crippen LogP contribution in [0.25, 0.3) is 0 Å². The van der Waals surface area contributed by atoms with Crippen LogP contribution in [-0.2, 0) is 28.7 Å². The first-order valence-electron chi connectivity index (χ1n) is 10.0. The van der Waals surface area contributed by atoms with Gasteiger partial charge < -0.3 is 9.47 Å². The molecule has 8 atom stereocenters. The molecule has 6 rings (SSSR count). The lowest BCUT2D eigenvalue weighted by Crippen LogP contribution is -2.35. The van der Waals surface area contributed by atoms with Crippen molar-refractivity contribution >= 4 is 23.6 Å². The van der Waals surface area contributed by atoms with Crippen LogP contribution in [-0.4, -0.2) is 70.9 Å². The largest absolute Gasteiger partial charge is 0.373 e. The Morgan fingerprint density at radius 3 is 1.18 bits per heavy atom. The van der Waals surface area contributed by atoms with Crippen LogP contribution in [0.3, 0.4) is 0 Å². The summed E-state index contributed by atoms with van der Waals surface area (Å²) < 4.78 is 11.4. The molecule has 6 aliphatic rings. The van der Waals surface area contributed by atoms with Gasteiger partial charge >= 0.3 is 0 Å². The number of rotatable bonds is 2. The third-order valence-corrected chi connectivity index (χ3v) is 7.35. The second-order valence-corrected chi connectivity index (χ2v) is 8.56. The minimum Gasteiger partial charge on any atom is -0.373 e. The summed E-state index contributed by atoms with van der Waals surface area (Å²) in [7, 11) is 0. The van der Waals surface area contributed by atoms with Crippen LogP contribution >= 0.6 is 0 Å². The van der Waals surface area contributed by atoms with Gasteiger partial charge in [0.1, 0.15) is 0 Å². The molecule has 0 aliphatic carbocycles. The maximum absolute atomic E-state index is 12.6. The molecule has 6 fully saturated rings. The zero-order valence-corrected chi connectivity index (χ0v) is 15.2. The fourth-order valence-electron chi connectivity index (χ4n) is 6.13. The second kappa shape index (κ2) is 5.65. The molecule has 0 aromatic carbocycles. The number of amides is 4. The van der Waals surface area contributed by atoms with E-state index in [1.165, 1.54) is 9.80 Å². The summed E-state index contributed by atoms with van der Waals surface area (Å²) in [6.07, 6.45) is 2.77. The molecule has 0 saturated carbocycles. The Kier molecular flexibility index (Phi) is 3.37. The van der Waals surface area contributed by atoms with Crippen molar-refractivity contribution in [1.82, 2.24) is 9.80 Å². The lowest BCUT2D eigenvalue weighted by atomic mass is 9.81. The topological polar surface area (TPSA) is 93.2 Å². The highest BCUT2D eigenvalue weighted by molar-refractivity contribution is 6.07. The summed E-state index contributed by atoms with van der Waals surface area (Å²) in [6.45, 7) is 0.00307. The number of fused-ring (bicyclic) bond motifs is 10. The van der Waals surface area contributed by atoms with E-state index >= 15 is 0 Å². The SMILES string of the molecule is O=C1C2C3CCC(O3)C2C(=O)N1CC#CCN1C(=O)C2C3CCC(O3)C2C1=O. The second-order valence-electron chi connectivity index (χ2n) is 8.56. The molecule has 8 unspecified atom stereocenters. The van der Waals surface area contributed by atoms with E-state index in [2.05, 4.69) is 11.8 Å². The van der Waals surface area contributed by atoms with Crippen molar-refractivity contribution in [3.63, 3.8) is 0 Å². The van der Waals surface area contributed by atoms with Gasteiger partial charge in [0.05, 0.1) is 61.2 Å². The van der Waals surface area contributed by atoms with Gasteiger partial charge in [0.15, 0.2) is 0 Å². The highest BCUT2D eigenvalue weighted by Crippen LogP contribution is 2.49. The zero-order valence-electron chi connectivity index (χ0n) is 15.2. The van der Waals surface area contributed by atoms with Gasteiger partial charge in [0.2, 0.25) is 23.6 Å². The number of nitrogens with zero attached hydrogens (tertiary/aromatic N) is 2. The van der Waals surface area contributed by atoms with Gasteiger partial charge in [-0.25, -0.2) is 0 Å². The molecular weight excluding hydrogens is 364 g/mol. The van der Waals surface area contributed by atoms with Crippen molar-refractivity contribution < 1.29 is 28.7 Å². The monoisotopic (exact) mass is 384 g/mol. The Morgan fingerprint density at radius 1 is 0.607 bits per heavy atom. The van der Waals surface area contributed by atoms with Gasteiger partial charge in [0, 0.05) is 0 Å². The average Bonchev–Trinajstić information content (AvgIpc) is 3.49. The fraction of sp³-hybridized carbons (Fsp3) is 0.700. The Balaban J connectivity index is 1.12. The van der Waals surface area contributed by atoms with Crippen LogP contribution in [0.15, 0.2) is 0 Å². The minimum absolute atomic E-state index is 0.00153. The molecule has 0 aromatic rings. The smallest absolute Gasteiger partial charge is 0.236 e. The summed E-state index contributed by atoms with van der Waals surface area (Å²) in [6, 6.07) is 0. The van der Waals surface area contributed by atoms with Gasteiger partial charge in [-0.2, -0.15) is 0 Å². The fourth-order valence-corrected chi connectivity index (χ4v) is 6.13. The maximum Gasteiger partial charge on any atom is 0.236 e. The maximum atomic E-state index is 12.6. The van der Waals surface area contributed by atoms with Gasteiger partial charge in [-0.1, -0.05) is 11.8 Å². The Morgan fingerprint density at radius 2 is 0.893 bits per heavy atom. The van der Waals surface area contributed by atoms with Crippen molar-refractivity contribution in [3.05, 3.63) is 0 Å². The average molecular weight is 384 g/mol. The van der Waals surface area contributed by atoms with Crippen LogP contribution in [0.2, 0.25) is 0 Å². The van der Waals surface area contributed by atoms with Crippen molar-refractivity contribution in [2.45, 2.75) is 50.1 Å². The minimum atomic E-state index is -0.357. The normalized spacial score (nSPS) is 45.1. The van der Waals surface area contributed by atoms with E-state index in [-0.39, 0.29) is 84.8 Å². The summed E-state index contributed by atoms with van der Waals surface area (Å²) in [5, 5.41) is 0. The van der Waals surface area contributed by atoms with E-state index in [4.69, 9.17) is 9.47 Å². The number of imide groups is 2. The molecule has 8 nitrogen and oxygen atoms in total. The van der Waals surface area contributed by atoms with Crippen LogP contribution in [0.5, 0.6) is 0 Å². The number of carbonyl (C=O) groups is 4. The molecule has 28 heavy (non-hydrogen) atoms. The third kappa shape index (κ3) is 1.98. The lowest BCUT2D eigenvalue weighted by molar-refractivity contribution is -0.143. The van der Waals surface area contributed by atoms with Crippen LogP contribution < -0.4 is 0 Å². The molecule has 0 aromatic heterocycles. The number of hydrogen-bond acceptors (Lipinski definition) is 6. The van der Waals surface area contributed by atoms with E-state index in [1.54, 1.807) is 0 Å². The molecular formula is C20H20N2O6. The Hall–Kier alpha value is -2.24. The number of hydrogen-bond donors (Lipinski definition) is 0. The first-order valence-corrected chi connectivity index (χ1v) is 10.0. The molecule has 6 saturated heterocycles. The first kappa shape index (κ1) is 16.7. The zero-order chi connectivity index (χ0) is 19.2. The van der Waals surface area contributed by atoms with E-state index in [9.17, 15) is 19.2 Å². The molecule has 0 N–H and O–H groups in total. The van der Waals surface area contributed by atoms with E-state index in [1.807, 2.05) is 0 Å². The van der Waals surface area contributed by atoms with Gasteiger partial charge in [-0.05, 0) is 25.7 Å². The van der Waals surface area contributed by atoms with Crippen molar-refractivity contribution in [2.75, 3.05) is 13.1 Å². The Labute approximate surface area is 161 Å². The molecule has 4 bridgehead atoms. The van der Waals surface area contributed by atoms with E-state index in [0.29, 0.717) is 0 Å². The van der Waals surface area contributed by atoms with Crippen molar-refractivity contribution in [1.29, 1.82) is 0 Å². The van der Waals surface area contributed by atoms with E-state index < -0.39 is 0 Å². The number of likely N-dealkylation sites (tertiary alicyclic amines) is 2. The highest BCUT2D eigenvalue weighted by Gasteiger charge is 2.63. The van der Waals surface area contributed by atoms with Crippen LogP contribution in [0, 0.1) is 35.5 Å². The quantitative estimate of drug-likeness (QED) is 0.462. The summed E-state index contributed by atoms with van der Waals surface area (Å²) in [4.78, 5) is 52.7. The summed E-state index contributed by atoms with van der Waals surface area (Å²) >= 11 is 0. The first-order chi connectivity index (χ1) is 13.6. The van der Waals surface area contributed by atoms with Crippen molar-refractivity contribution in [2.24, 2.45) is 23.7 Å². The lowest BCUT2D eigenvalue weighted by Gasteiger charge is -2.15. The highest BCUT2D eigenvalue weighted by atomic mass is 16.5. The molecule has 8 heteroatoms. The Bertz CT molecular complexity index is 750. The molecule has 0 spiro atoms. The molecule has 6 aliphatic heterocycles. The molecule has 6 heterocycles. The predicted octanol–water partition coefficient (Wildman–Crippen LogP) is -0.685. The molecule has 0 radical (unpaired) electrons. The standard InChI is InChI=1S/C20H20N2O6/c23-17-13-9-3-4-10(27-9)14(13)18(24)21(17)7-1-2-8-22-19(25)15-11-5-6-12(28-11)16(15)20(22)26/h9-16H,3-8H2. The van der Waals surface area contributed by atoms with Crippen LogP contribution in [0.4, 0.5) is 0 Å². The summed E-state index contributed by atoms with van der Waals surface area (Å²) in [5.41, 5.74) is 0. The third-order valence-electron chi connectivity index (χ3n) is 7.35. The van der Waals surface area contributed by atoms with Gasteiger partial charge in [-0.15, -0.1) is 0 Å². The van der Waals surface area contributed by atoms with Gasteiger partial charge in [-0.3, -0.25) is 29.0 Å².